The quantitative estimate of drug-likeness (QED) is 0.329. The molecule has 0 saturated carbocycles. The van der Waals surface area contributed by atoms with Gasteiger partial charge in [0.1, 0.15) is 30.8 Å². The van der Waals surface area contributed by atoms with Crippen LogP contribution in [0.3, 0.4) is 0 Å². The zero-order valence-corrected chi connectivity index (χ0v) is 17.6. The molecule has 1 saturated heterocycles. The standard InChI is InChI=1S/C16H18F3N4O8P/c1-9-6-23(15(26)20-13(9)24)12-5-10(31-14(25)16(17,18)19)11(30-12)7-29-32(27,28)22-4-3-21(2)8-22/h3-4,6,8,10-12H,5,7H2,1-2H3,(H-,20,24,26,27,28)/p+1. The van der Waals surface area contributed by atoms with Crippen molar-refractivity contribution >= 4 is 13.7 Å². The van der Waals surface area contributed by atoms with Crippen LogP contribution >= 0.6 is 7.75 Å². The summed E-state index contributed by atoms with van der Waals surface area (Å²) in [6, 6.07) is 0. The van der Waals surface area contributed by atoms with Gasteiger partial charge in [0.25, 0.3) is 11.9 Å². The molecule has 0 aliphatic carbocycles. The van der Waals surface area contributed by atoms with Crippen LogP contribution in [-0.4, -0.2) is 49.7 Å². The number of aryl methyl sites for hydroxylation is 2. The molecule has 0 aromatic carbocycles. The second kappa shape index (κ2) is 8.65. The highest BCUT2D eigenvalue weighted by molar-refractivity contribution is 7.51. The number of aromatic nitrogens is 4. The number of ether oxygens (including phenoxy) is 2. The summed E-state index contributed by atoms with van der Waals surface area (Å²) in [5, 5.41) is 0. The Labute approximate surface area is 177 Å². The number of H-pyrrole nitrogens is 1. The van der Waals surface area contributed by atoms with Gasteiger partial charge in [-0.1, -0.05) is 0 Å². The summed E-state index contributed by atoms with van der Waals surface area (Å²) in [4.78, 5) is 47.1. The maximum atomic E-state index is 12.7. The van der Waals surface area contributed by atoms with E-state index < -0.39 is 62.6 Å². The SMILES string of the molecule is Cc1cn(C2CC(OC(=O)C(F)(F)F)C(COP(=O)(O)n3cc[n+](C)c3)O2)c(=O)[nH]c1=O. The van der Waals surface area contributed by atoms with Crippen LogP contribution in [0.15, 0.2) is 34.5 Å². The minimum atomic E-state index is -5.29. The van der Waals surface area contributed by atoms with E-state index in [1.54, 1.807) is 7.05 Å². The molecule has 1 fully saturated rings. The molecule has 4 atom stereocenters. The molecule has 0 amide bonds. The first kappa shape index (κ1) is 23.9. The maximum Gasteiger partial charge on any atom is 0.525 e. The van der Waals surface area contributed by atoms with Crippen LogP contribution < -0.4 is 15.8 Å². The smallest absolute Gasteiger partial charge is 0.453 e. The lowest BCUT2D eigenvalue weighted by Crippen LogP contribution is -2.36. The lowest BCUT2D eigenvalue weighted by Gasteiger charge is -2.19. The van der Waals surface area contributed by atoms with Crippen LogP contribution in [0.2, 0.25) is 0 Å². The third kappa shape index (κ3) is 5.18. The number of hydrogen-bond acceptors (Lipinski definition) is 7. The first-order chi connectivity index (χ1) is 14.8. The predicted molar refractivity (Wildman–Crippen MR) is 97.3 cm³/mol. The molecule has 16 heteroatoms. The molecular weight excluding hydrogens is 464 g/mol. The Morgan fingerprint density at radius 2 is 2.12 bits per heavy atom. The molecule has 1 aliphatic rings. The molecule has 4 unspecified atom stereocenters. The minimum absolute atomic E-state index is 0.122. The maximum absolute atomic E-state index is 12.7. The van der Waals surface area contributed by atoms with E-state index >= 15 is 0 Å². The first-order valence-corrected chi connectivity index (χ1v) is 10.6. The molecule has 3 heterocycles. The van der Waals surface area contributed by atoms with Crippen molar-refractivity contribution in [2.24, 2.45) is 7.05 Å². The predicted octanol–water partition coefficient (Wildman–Crippen LogP) is -0.102. The first-order valence-electron chi connectivity index (χ1n) is 9.04. The van der Waals surface area contributed by atoms with Gasteiger partial charge in [-0.05, 0) is 6.92 Å². The van der Waals surface area contributed by atoms with Crippen molar-refractivity contribution in [2.45, 2.75) is 38.0 Å². The van der Waals surface area contributed by atoms with Crippen LogP contribution in [0.25, 0.3) is 0 Å². The molecule has 32 heavy (non-hydrogen) atoms. The second-order valence-electron chi connectivity index (χ2n) is 7.03. The Hall–Kier alpha value is -2.74. The van der Waals surface area contributed by atoms with E-state index in [1.807, 2.05) is 4.98 Å². The van der Waals surface area contributed by atoms with Crippen LogP contribution in [0.4, 0.5) is 13.2 Å². The zero-order valence-electron chi connectivity index (χ0n) is 16.7. The number of esters is 1. The van der Waals surface area contributed by atoms with Crippen LogP contribution in [-0.2, 0) is 30.4 Å². The van der Waals surface area contributed by atoms with Gasteiger partial charge in [0.05, 0.1) is 13.7 Å². The van der Waals surface area contributed by atoms with Crippen molar-refractivity contribution in [1.82, 2.24) is 13.9 Å². The average molecular weight is 483 g/mol. The monoisotopic (exact) mass is 483 g/mol. The van der Waals surface area contributed by atoms with Gasteiger partial charge in [-0.15, -0.1) is 4.34 Å². The van der Waals surface area contributed by atoms with Crippen molar-refractivity contribution in [1.29, 1.82) is 0 Å². The molecular formula is C16H19F3N4O8P+. The summed E-state index contributed by atoms with van der Waals surface area (Å²) in [5.41, 5.74) is -1.44. The summed E-state index contributed by atoms with van der Waals surface area (Å²) in [6.45, 7) is 0.656. The fourth-order valence-electron chi connectivity index (χ4n) is 2.97. The van der Waals surface area contributed by atoms with Gasteiger partial charge in [0.15, 0.2) is 0 Å². The number of alkyl halides is 3. The van der Waals surface area contributed by atoms with Crippen molar-refractivity contribution in [3.8, 4) is 0 Å². The average Bonchev–Trinajstić information content (AvgIpc) is 3.29. The fraction of sp³-hybridized carbons (Fsp3) is 0.500. The Morgan fingerprint density at radius 1 is 1.44 bits per heavy atom. The van der Waals surface area contributed by atoms with Crippen LogP contribution in [0.5, 0.6) is 0 Å². The zero-order chi connectivity index (χ0) is 23.8. The Kier molecular flexibility index (Phi) is 6.47. The number of carbonyl (C=O) groups is 1. The number of carbonyl (C=O) groups excluding carboxylic acids is 1. The highest BCUT2D eigenvalue weighted by Gasteiger charge is 2.47. The van der Waals surface area contributed by atoms with Crippen LogP contribution in [0, 0.1) is 6.92 Å². The van der Waals surface area contributed by atoms with E-state index in [1.165, 1.54) is 30.2 Å². The van der Waals surface area contributed by atoms with E-state index in [4.69, 9.17) is 9.26 Å². The van der Waals surface area contributed by atoms with Crippen molar-refractivity contribution in [3.63, 3.8) is 0 Å². The Morgan fingerprint density at radius 3 is 2.72 bits per heavy atom. The van der Waals surface area contributed by atoms with Gasteiger partial charge >= 0.3 is 25.6 Å². The molecule has 2 aromatic heterocycles. The second-order valence-corrected chi connectivity index (χ2v) is 8.73. The van der Waals surface area contributed by atoms with E-state index in [-0.39, 0.29) is 5.56 Å². The molecule has 0 radical (unpaired) electrons. The summed E-state index contributed by atoms with van der Waals surface area (Å²) < 4.78 is 68.6. The number of hydrogen-bond donors (Lipinski definition) is 2. The fourth-order valence-corrected chi connectivity index (χ4v) is 3.97. The number of aromatic amines is 1. The topological polar surface area (TPSA) is 146 Å². The Bertz CT molecular complexity index is 1170. The lowest BCUT2D eigenvalue weighted by atomic mass is 10.2. The number of nitrogens with zero attached hydrogens (tertiary/aromatic N) is 3. The molecule has 2 N–H and O–H groups in total. The molecule has 1 aliphatic heterocycles. The highest BCUT2D eigenvalue weighted by Crippen LogP contribution is 2.44. The normalized spacial score (nSPS) is 23.1. The molecule has 0 bridgehead atoms. The van der Waals surface area contributed by atoms with Crippen molar-refractivity contribution in [3.05, 3.63) is 51.3 Å². The number of imidazole rings is 1. The van der Waals surface area contributed by atoms with Crippen molar-refractivity contribution < 1.29 is 46.0 Å². The van der Waals surface area contributed by atoms with Crippen molar-refractivity contribution in [2.75, 3.05) is 6.61 Å². The van der Waals surface area contributed by atoms with E-state index in [9.17, 15) is 37.0 Å². The van der Waals surface area contributed by atoms with E-state index in [0.717, 1.165) is 15.1 Å². The third-order valence-corrected chi connectivity index (χ3v) is 5.89. The highest BCUT2D eigenvalue weighted by atomic mass is 31.2. The molecule has 176 valence electrons. The van der Waals surface area contributed by atoms with Gasteiger partial charge in [-0.3, -0.25) is 23.8 Å². The molecule has 2 aromatic rings. The van der Waals surface area contributed by atoms with Gasteiger partial charge < -0.3 is 9.47 Å². The van der Waals surface area contributed by atoms with Gasteiger partial charge in [0, 0.05) is 18.2 Å². The molecule has 3 rings (SSSR count). The van der Waals surface area contributed by atoms with Crippen LogP contribution in [0.1, 0.15) is 18.2 Å². The van der Waals surface area contributed by atoms with Gasteiger partial charge in [0.2, 0.25) is 0 Å². The minimum Gasteiger partial charge on any atom is -0.453 e. The van der Waals surface area contributed by atoms with Gasteiger partial charge in [-0.2, -0.15) is 13.2 Å². The summed E-state index contributed by atoms with van der Waals surface area (Å²) in [6.07, 6.45) is -4.85. The van der Waals surface area contributed by atoms with E-state index in [0.29, 0.717) is 0 Å². The summed E-state index contributed by atoms with van der Waals surface area (Å²) >= 11 is 0. The largest absolute Gasteiger partial charge is 0.525 e. The summed E-state index contributed by atoms with van der Waals surface area (Å²) in [7, 11) is -2.87. The van der Waals surface area contributed by atoms with E-state index in [2.05, 4.69) is 4.74 Å². The summed E-state index contributed by atoms with van der Waals surface area (Å²) in [5.74, 6) is -2.49. The molecule has 0 spiro atoms. The lowest BCUT2D eigenvalue weighted by molar-refractivity contribution is -0.670. The third-order valence-electron chi connectivity index (χ3n) is 4.58. The Balaban J connectivity index is 1.83. The number of rotatable bonds is 6. The molecule has 12 nitrogen and oxygen atoms in total. The number of halogens is 3. The number of nitrogens with one attached hydrogen (secondary N) is 1. The van der Waals surface area contributed by atoms with Gasteiger partial charge in [-0.25, -0.2) is 18.7 Å².